The minimum atomic E-state index is -3.62. The number of nitrogens with zero attached hydrogens (tertiary/aromatic N) is 1. The van der Waals surface area contributed by atoms with Gasteiger partial charge in [-0.2, -0.15) is 4.31 Å². The zero-order chi connectivity index (χ0) is 18.8. The van der Waals surface area contributed by atoms with Gasteiger partial charge in [-0.15, -0.1) is 0 Å². The van der Waals surface area contributed by atoms with E-state index in [1.54, 1.807) is 22.5 Å². The third kappa shape index (κ3) is 3.81. The molecule has 2 aromatic rings. The number of benzene rings is 2. The van der Waals surface area contributed by atoms with Crippen molar-refractivity contribution in [3.63, 3.8) is 0 Å². The predicted molar refractivity (Wildman–Crippen MR) is 103 cm³/mol. The summed E-state index contributed by atoms with van der Waals surface area (Å²) in [5.41, 5.74) is 1.44. The summed E-state index contributed by atoms with van der Waals surface area (Å²) in [5.74, 6) is -0.228. The number of carbonyl (C=O) groups excluding carboxylic acids is 1. The van der Waals surface area contributed by atoms with Crippen molar-refractivity contribution in [1.82, 2.24) is 4.31 Å². The molecule has 1 N–H and O–H groups in total. The van der Waals surface area contributed by atoms with Gasteiger partial charge in [0.1, 0.15) is 0 Å². The van der Waals surface area contributed by atoms with Crippen molar-refractivity contribution < 1.29 is 13.2 Å². The number of hydrogen-bond acceptors (Lipinski definition) is 3. The molecule has 1 aliphatic heterocycles. The maximum absolute atomic E-state index is 13.2. The van der Waals surface area contributed by atoms with Gasteiger partial charge < -0.3 is 5.32 Å². The molecular formula is C20H24N2O3S. The lowest BCUT2D eigenvalue weighted by atomic mass is 9.77. The third-order valence-electron chi connectivity index (χ3n) is 4.92. The van der Waals surface area contributed by atoms with E-state index in [9.17, 15) is 13.2 Å². The smallest absolute Gasteiger partial charge is 0.243 e. The topological polar surface area (TPSA) is 66.5 Å². The van der Waals surface area contributed by atoms with Gasteiger partial charge >= 0.3 is 0 Å². The molecule has 1 amide bonds. The Morgan fingerprint density at radius 2 is 1.85 bits per heavy atom. The van der Waals surface area contributed by atoms with Crippen LogP contribution in [-0.4, -0.2) is 31.7 Å². The van der Waals surface area contributed by atoms with E-state index in [1.165, 1.54) is 13.0 Å². The molecule has 0 aliphatic carbocycles. The van der Waals surface area contributed by atoms with Gasteiger partial charge in [0.05, 0.1) is 4.90 Å². The van der Waals surface area contributed by atoms with E-state index in [0.717, 1.165) is 18.4 Å². The van der Waals surface area contributed by atoms with E-state index < -0.39 is 10.0 Å². The maximum Gasteiger partial charge on any atom is 0.243 e. The maximum atomic E-state index is 13.2. The van der Waals surface area contributed by atoms with Gasteiger partial charge in [0, 0.05) is 31.1 Å². The lowest BCUT2D eigenvalue weighted by Gasteiger charge is -2.40. The summed E-state index contributed by atoms with van der Waals surface area (Å²) < 4.78 is 27.9. The van der Waals surface area contributed by atoms with Crippen LogP contribution in [0.15, 0.2) is 59.5 Å². The average molecular weight is 372 g/mol. The van der Waals surface area contributed by atoms with Gasteiger partial charge in [0.15, 0.2) is 0 Å². The Kier molecular flexibility index (Phi) is 5.16. The van der Waals surface area contributed by atoms with Crippen molar-refractivity contribution in [3.05, 3.63) is 60.2 Å². The number of sulfonamides is 1. The van der Waals surface area contributed by atoms with Crippen molar-refractivity contribution in [2.75, 3.05) is 18.4 Å². The highest BCUT2D eigenvalue weighted by molar-refractivity contribution is 7.89. The van der Waals surface area contributed by atoms with Crippen LogP contribution in [0.4, 0.5) is 5.69 Å². The number of anilines is 1. The first kappa shape index (κ1) is 18.6. The normalized spacial score (nSPS) is 21.3. The van der Waals surface area contributed by atoms with Gasteiger partial charge in [-0.1, -0.05) is 43.3 Å². The van der Waals surface area contributed by atoms with E-state index in [4.69, 9.17) is 0 Å². The minimum absolute atomic E-state index is 0.207. The lowest BCUT2D eigenvalue weighted by Crippen LogP contribution is -2.46. The summed E-state index contributed by atoms with van der Waals surface area (Å²) >= 11 is 0. The second kappa shape index (κ2) is 7.21. The molecule has 1 heterocycles. The molecule has 6 heteroatoms. The Bertz CT molecular complexity index is 896. The highest BCUT2D eigenvalue weighted by Gasteiger charge is 2.38. The average Bonchev–Trinajstić information content (AvgIpc) is 2.62. The van der Waals surface area contributed by atoms with Gasteiger partial charge in [-0.05, 0) is 36.6 Å². The van der Waals surface area contributed by atoms with Crippen molar-refractivity contribution in [3.8, 4) is 0 Å². The third-order valence-corrected chi connectivity index (χ3v) is 6.77. The SMILES string of the molecule is CC(=O)Nc1cccc(S(=O)(=O)N2CCC[C@](C)(c3ccccc3)C2)c1. The summed E-state index contributed by atoms with van der Waals surface area (Å²) in [6, 6.07) is 16.5. The fourth-order valence-electron chi connectivity index (χ4n) is 3.56. The minimum Gasteiger partial charge on any atom is -0.326 e. The highest BCUT2D eigenvalue weighted by atomic mass is 32.2. The van der Waals surface area contributed by atoms with Crippen molar-refractivity contribution in [1.29, 1.82) is 0 Å². The van der Waals surface area contributed by atoms with E-state index in [-0.39, 0.29) is 16.2 Å². The fraction of sp³-hybridized carbons (Fsp3) is 0.350. The molecule has 2 aromatic carbocycles. The number of piperidine rings is 1. The highest BCUT2D eigenvalue weighted by Crippen LogP contribution is 2.36. The molecule has 0 spiro atoms. The van der Waals surface area contributed by atoms with E-state index in [2.05, 4.69) is 24.4 Å². The molecule has 26 heavy (non-hydrogen) atoms. The van der Waals surface area contributed by atoms with E-state index >= 15 is 0 Å². The van der Waals surface area contributed by atoms with Crippen LogP contribution in [0, 0.1) is 0 Å². The summed E-state index contributed by atoms with van der Waals surface area (Å²) in [6.07, 6.45) is 1.77. The van der Waals surface area contributed by atoms with Crippen LogP contribution in [0.2, 0.25) is 0 Å². The molecule has 0 aromatic heterocycles. The second-order valence-corrected chi connectivity index (χ2v) is 9.02. The van der Waals surface area contributed by atoms with E-state index in [1.807, 2.05) is 18.2 Å². The Morgan fingerprint density at radius 3 is 2.54 bits per heavy atom. The monoisotopic (exact) mass is 372 g/mol. The van der Waals surface area contributed by atoms with Crippen molar-refractivity contribution in [2.45, 2.75) is 37.0 Å². The first-order valence-electron chi connectivity index (χ1n) is 8.75. The molecule has 138 valence electrons. The van der Waals surface area contributed by atoms with Gasteiger partial charge in [-0.25, -0.2) is 8.42 Å². The number of nitrogens with one attached hydrogen (secondary N) is 1. The predicted octanol–water partition coefficient (Wildman–Crippen LogP) is 3.39. The van der Waals surface area contributed by atoms with Crippen molar-refractivity contribution >= 4 is 21.6 Å². The molecule has 0 bridgehead atoms. The Morgan fingerprint density at radius 1 is 1.12 bits per heavy atom. The Hall–Kier alpha value is -2.18. The fourth-order valence-corrected chi connectivity index (χ4v) is 5.21. The Labute approximate surface area is 155 Å². The molecule has 1 fully saturated rings. The summed E-state index contributed by atoms with van der Waals surface area (Å²) in [7, 11) is -3.62. The number of amides is 1. The second-order valence-electron chi connectivity index (χ2n) is 7.08. The molecule has 3 rings (SSSR count). The first-order valence-corrected chi connectivity index (χ1v) is 10.2. The zero-order valence-electron chi connectivity index (χ0n) is 15.1. The molecule has 1 saturated heterocycles. The van der Waals surface area contributed by atoms with Crippen LogP contribution < -0.4 is 5.32 Å². The number of rotatable bonds is 4. The van der Waals surface area contributed by atoms with Crippen LogP contribution in [0.3, 0.4) is 0 Å². The molecule has 1 atom stereocenters. The van der Waals surface area contributed by atoms with Crippen molar-refractivity contribution in [2.24, 2.45) is 0 Å². The summed E-state index contributed by atoms with van der Waals surface area (Å²) in [6.45, 7) is 4.48. The molecule has 5 nitrogen and oxygen atoms in total. The summed E-state index contributed by atoms with van der Waals surface area (Å²) in [5, 5.41) is 2.64. The largest absolute Gasteiger partial charge is 0.326 e. The van der Waals surface area contributed by atoms with E-state index in [0.29, 0.717) is 18.8 Å². The van der Waals surface area contributed by atoms with Crippen LogP contribution in [0.25, 0.3) is 0 Å². The zero-order valence-corrected chi connectivity index (χ0v) is 15.9. The van der Waals surface area contributed by atoms with Crippen LogP contribution in [0.5, 0.6) is 0 Å². The molecule has 0 unspecified atom stereocenters. The lowest BCUT2D eigenvalue weighted by molar-refractivity contribution is -0.114. The number of hydrogen-bond donors (Lipinski definition) is 1. The standard InChI is InChI=1S/C20H24N2O3S/c1-16(23)21-18-10-6-11-19(14-18)26(24,25)22-13-7-12-20(2,15-22)17-8-4-3-5-9-17/h3-6,8-11,14H,7,12-13,15H2,1-2H3,(H,21,23)/t20-/m0/s1. The van der Waals surface area contributed by atoms with Gasteiger partial charge in [0.2, 0.25) is 15.9 Å². The van der Waals surface area contributed by atoms with Crippen LogP contribution in [0.1, 0.15) is 32.3 Å². The molecule has 0 saturated carbocycles. The van der Waals surface area contributed by atoms with Crippen LogP contribution in [-0.2, 0) is 20.2 Å². The quantitative estimate of drug-likeness (QED) is 0.895. The first-order chi connectivity index (χ1) is 12.3. The number of carbonyl (C=O) groups is 1. The van der Waals surface area contributed by atoms with Gasteiger partial charge in [-0.3, -0.25) is 4.79 Å². The molecule has 1 aliphatic rings. The van der Waals surface area contributed by atoms with Gasteiger partial charge in [0.25, 0.3) is 0 Å². The molecular weight excluding hydrogens is 348 g/mol. The molecule has 0 radical (unpaired) electrons. The van der Waals surface area contributed by atoms with Crippen LogP contribution >= 0.6 is 0 Å². The summed E-state index contributed by atoms with van der Waals surface area (Å²) in [4.78, 5) is 11.5. The Balaban J connectivity index is 1.89.